The highest BCUT2D eigenvalue weighted by Crippen LogP contribution is 2.37. The molecule has 1 atom stereocenters. The Hall–Kier alpha value is -2.77. The Balaban J connectivity index is 2.10. The van der Waals surface area contributed by atoms with Crippen molar-refractivity contribution in [1.29, 1.82) is 0 Å². The van der Waals surface area contributed by atoms with Crippen molar-refractivity contribution in [3.63, 3.8) is 0 Å². The molecule has 0 aliphatic carbocycles. The van der Waals surface area contributed by atoms with Gasteiger partial charge in [0.25, 0.3) is 5.69 Å². The fourth-order valence-electron chi connectivity index (χ4n) is 2.94. The number of carbonyl (C=O) groups excluding carboxylic acids is 2. The molecule has 0 aliphatic rings. The lowest BCUT2D eigenvalue weighted by molar-refractivity contribution is -0.386. The van der Waals surface area contributed by atoms with Crippen LogP contribution in [0.2, 0.25) is 5.02 Å². The van der Waals surface area contributed by atoms with Gasteiger partial charge < -0.3 is 10.0 Å². The maximum atomic E-state index is 12.3. The van der Waals surface area contributed by atoms with Crippen LogP contribution < -0.4 is 4.90 Å². The summed E-state index contributed by atoms with van der Waals surface area (Å²) in [5.74, 6) is -0.632. The Kier molecular flexibility index (Phi) is 7.25. The van der Waals surface area contributed by atoms with Gasteiger partial charge in [0, 0.05) is 19.2 Å². The quantitative estimate of drug-likeness (QED) is 0.401. The Bertz CT molecular complexity index is 886. The summed E-state index contributed by atoms with van der Waals surface area (Å²) < 4.78 is 0. The first-order valence-corrected chi connectivity index (χ1v) is 9.09. The monoisotopic (exact) mass is 404 g/mol. The van der Waals surface area contributed by atoms with Crippen molar-refractivity contribution in [2.45, 2.75) is 32.3 Å². The van der Waals surface area contributed by atoms with E-state index < -0.39 is 22.5 Å². The maximum absolute atomic E-state index is 12.3. The molecule has 1 N–H and O–H groups in total. The van der Waals surface area contributed by atoms with Crippen LogP contribution in [-0.4, -0.2) is 28.8 Å². The van der Waals surface area contributed by atoms with E-state index in [0.29, 0.717) is 6.42 Å². The van der Waals surface area contributed by atoms with Gasteiger partial charge >= 0.3 is 0 Å². The SMILES string of the molecule is CC(=O)c1ccc(Cl)c(C(O)CCCC(=O)N(C)c2ccccc2)c1[N+](=O)[O-]. The number of aliphatic hydroxyl groups excluding tert-OH is 1. The van der Waals surface area contributed by atoms with E-state index in [9.17, 15) is 24.8 Å². The van der Waals surface area contributed by atoms with Gasteiger partial charge in [0.15, 0.2) is 5.78 Å². The summed E-state index contributed by atoms with van der Waals surface area (Å²) >= 11 is 6.07. The highest BCUT2D eigenvalue weighted by atomic mass is 35.5. The first kappa shape index (κ1) is 21.5. The number of Topliss-reactive ketones (excluding diaryl/α,β-unsaturated/α-hetero) is 1. The van der Waals surface area contributed by atoms with Gasteiger partial charge in [-0.1, -0.05) is 29.8 Å². The van der Waals surface area contributed by atoms with E-state index in [2.05, 4.69) is 0 Å². The number of halogens is 1. The number of benzene rings is 2. The fourth-order valence-corrected chi connectivity index (χ4v) is 3.21. The highest BCUT2D eigenvalue weighted by Gasteiger charge is 2.29. The third-order valence-electron chi connectivity index (χ3n) is 4.44. The molecule has 0 saturated carbocycles. The summed E-state index contributed by atoms with van der Waals surface area (Å²) in [4.78, 5) is 36.3. The molecular weight excluding hydrogens is 384 g/mol. The third-order valence-corrected chi connectivity index (χ3v) is 4.77. The van der Waals surface area contributed by atoms with Crippen LogP contribution in [0.4, 0.5) is 11.4 Å². The highest BCUT2D eigenvalue weighted by molar-refractivity contribution is 6.32. The summed E-state index contributed by atoms with van der Waals surface area (Å²) in [6.45, 7) is 1.21. The number of hydrogen-bond acceptors (Lipinski definition) is 5. The van der Waals surface area contributed by atoms with Crippen molar-refractivity contribution in [1.82, 2.24) is 0 Å². The van der Waals surface area contributed by atoms with Crippen LogP contribution in [-0.2, 0) is 4.79 Å². The zero-order valence-corrected chi connectivity index (χ0v) is 16.3. The molecule has 0 spiro atoms. The van der Waals surface area contributed by atoms with Gasteiger partial charge in [-0.15, -0.1) is 0 Å². The van der Waals surface area contributed by atoms with Crippen molar-refractivity contribution >= 4 is 34.7 Å². The number of aliphatic hydroxyl groups is 1. The zero-order chi connectivity index (χ0) is 20.8. The number of nitrogens with zero attached hydrogens (tertiary/aromatic N) is 2. The van der Waals surface area contributed by atoms with Gasteiger partial charge in [0.05, 0.1) is 27.2 Å². The van der Waals surface area contributed by atoms with Crippen molar-refractivity contribution in [3.8, 4) is 0 Å². The second-order valence-corrected chi connectivity index (χ2v) is 6.77. The van der Waals surface area contributed by atoms with Gasteiger partial charge in [0.1, 0.15) is 0 Å². The molecule has 2 rings (SSSR count). The molecule has 0 fully saturated rings. The van der Waals surface area contributed by atoms with E-state index in [1.54, 1.807) is 7.05 Å². The second kappa shape index (κ2) is 9.43. The van der Waals surface area contributed by atoms with Crippen LogP contribution >= 0.6 is 11.6 Å². The molecule has 148 valence electrons. The summed E-state index contributed by atoms with van der Waals surface area (Å²) in [7, 11) is 1.66. The summed E-state index contributed by atoms with van der Waals surface area (Å²) in [5, 5.41) is 21.9. The summed E-state index contributed by atoms with van der Waals surface area (Å²) in [6, 6.07) is 11.8. The van der Waals surface area contributed by atoms with Crippen molar-refractivity contribution in [2.75, 3.05) is 11.9 Å². The molecule has 1 unspecified atom stereocenters. The molecule has 1 amide bonds. The van der Waals surface area contributed by atoms with E-state index in [-0.39, 0.29) is 34.9 Å². The number of para-hydroxylation sites is 1. The molecule has 0 aliphatic heterocycles. The molecular formula is C20H21ClN2O5. The average Bonchev–Trinajstić information content (AvgIpc) is 2.67. The number of hydrogen-bond donors (Lipinski definition) is 1. The number of nitro benzene ring substituents is 1. The van der Waals surface area contributed by atoms with E-state index in [4.69, 9.17) is 11.6 Å². The summed E-state index contributed by atoms with van der Waals surface area (Å²) in [6.07, 6.45) is -0.715. The normalized spacial score (nSPS) is 11.7. The first-order chi connectivity index (χ1) is 13.2. The number of anilines is 1. The maximum Gasteiger partial charge on any atom is 0.287 e. The van der Waals surface area contributed by atoms with Crippen LogP contribution in [0, 0.1) is 10.1 Å². The Labute approximate surface area is 167 Å². The predicted molar refractivity (Wildman–Crippen MR) is 107 cm³/mol. The molecule has 0 radical (unpaired) electrons. The number of ketones is 1. The molecule has 8 heteroatoms. The standard InChI is InChI=1S/C20H21ClN2O5/c1-13(24)15-11-12-16(21)19(20(15)23(27)28)17(25)9-6-10-18(26)22(2)14-7-4-3-5-8-14/h3-5,7-8,11-12,17,25H,6,9-10H2,1-2H3. The number of amides is 1. The molecule has 0 aromatic heterocycles. The third kappa shape index (κ3) is 4.94. The van der Waals surface area contributed by atoms with E-state index in [0.717, 1.165) is 5.69 Å². The molecule has 7 nitrogen and oxygen atoms in total. The lowest BCUT2D eigenvalue weighted by Crippen LogP contribution is -2.25. The Morgan fingerprint density at radius 3 is 2.43 bits per heavy atom. The second-order valence-electron chi connectivity index (χ2n) is 6.37. The van der Waals surface area contributed by atoms with Gasteiger partial charge in [-0.3, -0.25) is 19.7 Å². The minimum Gasteiger partial charge on any atom is -0.388 e. The molecule has 2 aromatic rings. The number of nitro groups is 1. The first-order valence-electron chi connectivity index (χ1n) is 8.71. The summed E-state index contributed by atoms with van der Waals surface area (Å²) in [5.41, 5.74) is 0.0627. The average molecular weight is 405 g/mol. The van der Waals surface area contributed by atoms with Crippen molar-refractivity contribution in [3.05, 3.63) is 68.7 Å². The zero-order valence-electron chi connectivity index (χ0n) is 15.6. The molecule has 0 saturated heterocycles. The van der Waals surface area contributed by atoms with Crippen molar-refractivity contribution < 1.29 is 19.6 Å². The predicted octanol–water partition coefficient (Wildman–Crippen LogP) is 4.32. The minimum absolute atomic E-state index is 0.0110. The number of rotatable bonds is 8. The fraction of sp³-hybridized carbons (Fsp3) is 0.300. The topological polar surface area (TPSA) is 101 Å². The lowest BCUT2D eigenvalue weighted by Gasteiger charge is -2.18. The van der Waals surface area contributed by atoms with E-state index >= 15 is 0 Å². The molecule has 2 aromatic carbocycles. The van der Waals surface area contributed by atoms with E-state index in [1.807, 2.05) is 30.3 Å². The van der Waals surface area contributed by atoms with E-state index in [1.165, 1.54) is 24.0 Å². The molecule has 28 heavy (non-hydrogen) atoms. The van der Waals surface area contributed by atoms with Gasteiger partial charge in [0.2, 0.25) is 5.91 Å². The Morgan fingerprint density at radius 2 is 1.86 bits per heavy atom. The molecule has 0 bridgehead atoms. The lowest BCUT2D eigenvalue weighted by atomic mass is 9.97. The van der Waals surface area contributed by atoms with Gasteiger partial charge in [-0.25, -0.2) is 0 Å². The van der Waals surface area contributed by atoms with Crippen LogP contribution in [0.5, 0.6) is 0 Å². The van der Waals surface area contributed by atoms with Gasteiger partial charge in [-0.2, -0.15) is 0 Å². The Morgan fingerprint density at radius 1 is 1.21 bits per heavy atom. The van der Waals surface area contributed by atoms with Gasteiger partial charge in [-0.05, 0) is 44.0 Å². The smallest absolute Gasteiger partial charge is 0.287 e. The van der Waals surface area contributed by atoms with Crippen LogP contribution in [0.3, 0.4) is 0 Å². The van der Waals surface area contributed by atoms with Crippen LogP contribution in [0.1, 0.15) is 48.2 Å². The van der Waals surface area contributed by atoms with Crippen LogP contribution in [0.25, 0.3) is 0 Å². The van der Waals surface area contributed by atoms with Crippen LogP contribution in [0.15, 0.2) is 42.5 Å². The minimum atomic E-state index is -1.26. The largest absolute Gasteiger partial charge is 0.388 e. The number of carbonyl (C=O) groups is 2. The molecule has 0 heterocycles. The van der Waals surface area contributed by atoms with Crippen molar-refractivity contribution in [2.24, 2.45) is 0 Å².